The number of anilines is 1. The Kier molecular flexibility index (Phi) is 6.62. The van der Waals surface area contributed by atoms with E-state index >= 15 is 0 Å². The number of rotatable bonds is 9. The van der Waals surface area contributed by atoms with Crippen molar-refractivity contribution in [3.8, 4) is 11.4 Å². The second kappa shape index (κ2) is 9.14. The molecule has 1 amide bonds. The van der Waals surface area contributed by atoms with Gasteiger partial charge in [-0.2, -0.15) is 0 Å². The van der Waals surface area contributed by atoms with Gasteiger partial charge in [-0.15, -0.1) is 20.4 Å². The molecule has 0 bridgehead atoms. The zero-order chi connectivity index (χ0) is 19.2. The summed E-state index contributed by atoms with van der Waals surface area (Å²) in [6.07, 6.45) is 4.52. The highest BCUT2D eigenvalue weighted by atomic mass is 32.2. The van der Waals surface area contributed by atoms with E-state index in [4.69, 9.17) is 4.42 Å². The second-order valence-electron chi connectivity index (χ2n) is 5.89. The molecular formula is C17H22N6O2S2. The fourth-order valence-electron chi connectivity index (χ4n) is 2.46. The summed E-state index contributed by atoms with van der Waals surface area (Å²) in [6.45, 7) is 6.84. The van der Waals surface area contributed by atoms with Gasteiger partial charge in [-0.3, -0.25) is 10.1 Å². The lowest BCUT2D eigenvalue weighted by Gasteiger charge is -2.09. The summed E-state index contributed by atoms with van der Waals surface area (Å²) in [7, 11) is 0. The molecule has 1 N–H and O–H groups in total. The van der Waals surface area contributed by atoms with Gasteiger partial charge in [0.05, 0.1) is 17.6 Å². The smallest absolute Gasteiger partial charge is 0.236 e. The first-order valence-electron chi connectivity index (χ1n) is 8.85. The summed E-state index contributed by atoms with van der Waals surface area (Å²) < 4.78 is 7.45. The molecule has 0 radical (unpaired) electrons. The van der Waals surface area contributed by atoms with Crippen LogP contribution in [0.2, 0.25) is 0 Å². The predicted molar refractivity (Wildman–Crippen MR) is 106 cm³/mol. The maximum atomic E-state index is 12.2. The molecule has 10 heteroatoms. The maximum absolute atomic E-state index is 12.2. The van der Waals surface area contributed by atoms with Crippen LogP contribution < -0.4 is 5.32 Å². The quantitative estimate of drug-likeness (QED) is 0.540. The Morgan fingerprint density at radius 3 is 2.81 bits per heavy atom. The van der Waals surface area contributed by atoms with Gasteiger partial charge in [-0.05, 0) is 25.8 Å². The number of carbonyl (C=O) groups excluding carboxylic acids is 1. The molecule has 0 unspecified atom stereocenters. The third kappa shape index (κ3) is 4.75. The molecule has 0 atom stereocenters. The molecule has 0 fully saturated rings. The minimum atomic E-state index is -0.134. The summed E-state index contributed by atoms with van der Waals surface area (Å²) in [5.41, 5.74) is 0.927. The summed E-state index contributed by atoms with van der Waals surface area (Å²) >= 11 is 2.76. The number of unbranched alkanes of at least 4 members (excludes halogenated alkanes) is 1. The lowest BCUT2D eigenvalue weighted by Crippen LogP contribution is -2.14. The number of hydrogen-bond acceptors (Lipinski definition) is 8. The standard InChI is InChI=1S/C17H22N6O2S2/c1-4-6-8-23-15(12-7-9-25-11(12)3)20-22-17(23)26-10-13(24)18-16-21-19-14(5-2)27-16/h7,9H,4-6,8,10H2,1-3H3,(H,18,21,24). The van der Waals surface area contributed by atoms with Gasteiger partial charge in [0.15, 0.2) is 11.0 Å². The maximum Gasteiger partial charge on any atom is 0.236 e. The SMILES string of the molecule is CCCCn1c(SCC(=O)Nc2nnc(CC)s2)nnc1-c1ccoc1C. The molecule has 0 aliphatic rings. The summed E-state index contributed by atoms with van der Waals surface area (Å²) in [4.78, 5) is 12.2. The van der Waals surface area contributed by atoms with Gasteiger partial charge < -0.3 is 8.98 Å². The van der Waals surface area contributed by atoms with Crippen LogP contribution in [-0.4, -0.2) is 36.6 Å². The van der Waals surface area contributed by atoms with E-state index in [9.17, 15) is 4.79 Å². The van der Waals surface area contributed by atoms with E-state index in [1.165, 1.54) is 23.1 Å². The molecule has 0 aliphatic carbocycles. The highest BCUT2D eigenvalue weighted by molar-refractivity contribution is 7.99. The van der Waals surface area contributed by atoms with Crippen LogP contribution in [-0.2, 0) is 17.8 Å². The average Bonchev–Trinajstić information content (AvgIpc) is 3.37. The zero-order valence-corrected chi connectivity index (χ0v) is 17.2. The Hall–Kier alpha value is -2.20. The van der Waals surface area contributed by atoms with Gasteiger partial charge in [0.2, 0.25) is 11.0 Å². The third-order valence-electron chi connectivity index (χ3n) is 3.90. The Balaban J connectivity index is 1.69. The van der Waals surface area contributed by atoms with E-state index in [2.05, 4.69) is 37.2 Å². The number of amides is 1. The molecule has 3 aromatic heterocycles. The molecule has 3 rings (SSSR count). The van der Waals surface area contributed by atoms with Gasteiger partial charge in [0, 0.05) is 6.54 Å². The number of nitrogens with zero attached hydrogens (tertiary/aromatic N) is 5. The highest BCUT2D eigenvalue weighted by Crippen LogP contribution is 2.27. The van der Waals surface area contributed by atoms with Crippen LogP contribution in [0.5, 0.6) is 0 Å². The molecular weight excluding hydrogens is 384 g/mol. The Morgan fingerprint density at radius 2 is 2.15 bits per heavy atom. The number of aromatic nitrogens is 5. The van der Waals surface area contributed by atoms with Crippen molar-refractivity contribution in [2.24, 2.45) is 0 Å². The van der Waals surface area contributed by atoms with E-state index in [1.54, 1.807) is 6.26 Å². The lowest BCUT2D eigenvalue weighted by molar-refractivity contribution is -0.113. The molecule has 3 heterocycles. The molecule has 3 aromatic rings. The van der Waals surface area contributed by atoms with Crippen LogP contribution in [0.4, 0.5) is 5.13 Å². The van der Waals surface area contributed by atoms with E-state index in [0.29, 0.717) is 5.13 Å². The van der Waals surface area contributed by atoms with Crippen molar-refractivity contribution in [2.45, 2.75) is 51.7 Å². The molecule has 0 saturated carbocycles. The zero-order valence-electron chi connectivity index (χ0n) is 15.6. The third-order valence-corrected chi connectivity index (χ3v) is 5.85. The minimum absolute atomic E-state index is 0.134. The van der Waals surface area contributed by atoms with Crippen LogP contribution in [0.25, 0.3) is 11.4 Å². The van der Waals surface area contributed by atoms with Crippen molar-refractivity contribution in [3.63, 3.8) is 0 Å². The molecule has 0 spiro atoms. The summed E-state index contributed by atoms with van der Waals surface area (Å²) in [6, 6.07) is 1.89. The van der Waals surface area contributed by atoms with E-state index in [0.717, 1.165) is 53.1 Å². The lowest BCUT2D eigenvalue weighted by atomic mass is 10.2. The van der Waals surface area contributed by atoms with Crippen molar-refractivity contribution in [1.29, 1.82) is 0 Å². The van der Waals surface area contributed by atoms with Crippen molar-refractivity contribution >= 4 is 34.1 Å². The minimum Gasteiger partial charge on any atom is -0.469 e. The second-order valence-corrected chi connectivity index (χ2v) is 7.90. The van der Waals surface area contributed by atoms with Crippen LogP contribution in [0.1, 0.15) is 37.5 Å². The normalized spacial score (nSPS) is 11.1. The number of nitrogens with one attached hydrogen (secondary N) is 1. The largest absolute Gasteiger partial charge is 0.469 e. The van der Waals surface area contributed by atoms with E-state index in [1.807, 2.05) is 19.9 Å². The number of aryl methyl sites for hydroxylation is 2. The van der Waals surface area contributed by atoms with Crippen LogP contribution in [0, 0.1) is 6.92 Å². The number of furan rings is 1. The highest BCUT2D eigenvalue weighted by Gasteiger charge is 2.18. The first-order chi connectivity index (χ1) is 13.1. The molecule has 0 saturated heterocycles. The van der Waals surface area contributed by atoms with E-state index in [-0.39, 0.29) is 11.7 Å². The number of hydrogen-bond donors (Lipinski definition) is 1. The monoisotopic (exact) mass is 406 g/mol. The Morgan fingerprint density at radius 1 is 1.30 bits per heavy atom. The number of thioether (sulfide) groups is 1. The van der Waals surface area contributed by atoms with E-state index < -0.39 is 0 Å². The van der Waals surface area contributed by atoms with Crippen molar-refractivity contribution < 1.29 is 9.21 Å². The van der Waals surface area contributed by atoms with Gasteiger partial charge in [-0.1, -0.05) is 43.4 Å². The average molecular weight is 407 g/mol. The predicted octanol–water partition coefficient (Wildman–Crippen LogP) is 3.79. The summed E-state index contributed by atoms with van der Waals surface area (Å²) in [5, 5.41) is 21.5. The first kappa shape index (κ1) is 19.6. The van der Waals surface area contributed by atoms with Gasteiger partial charge in [0.1, 0.15) is 10.8 Å². The fraction of sp³-hybridized carbons (Fsp3) is 0.471. The van der Waals surface area contributed by atoms with Gasteiger partial charge in [0.25, 0.3) is 0 Å². The van der Waals surface area contributed by atoms with Gasteiger partial charge >= 0.3 is 0 Å². The molecule has 0 aliphatic heterocycles. The Labute approximate surface area is 165 Å². The molecule has 8 nitrogen and oxygen atoms in total. The van der Waals surface area contributed by atoms with Crippen LogP contribution >= 0.6 is 23.1 Å². The van der Waals surface area contributed by atoms with Crippen molar-refractivity contribution in [3.05, 3.63) is 23.1 Å². The fourth-order valence-corrected chi connectivity index (χ4v) is 3.92. The molecule has 0 aromatic carbocycles. The number of carbonyl (C=O) groups is 1. The van der Waals surface area contributed by atoms with Crippen molar-refractivity contribution in [2.75, 3.05) is 11.1 Å². The first-order valence-corrected chi connectivity index (χ1v) is 10.6. The van der Waals surface area contributed by atoms with Crippen LogP contribution in [0.15, 0.2) is 21.9 Å². The molecule has 27 heavy (non-hydrogen) atoms. The Bertz CT molecular complexity index is 901. The van der Waals surface area contributed by atoms with Gasteiger partial charge in [-0.25, -0.2) is 0 Å². The van der Waals surface area contributed by atoms with Crippen molar-refractivity contribution in [1.82, 2.24) is 25.0 Å². The summed E-state index contributed by atoms with van der Waals surface area (Å²) in [5.74, 6) is 1.67. The topological polar surface area (TPSA) is 98.7 Å². The van der Waals surface area contributed by atoms with Crippen LogP contribution in [0.3, 0.4) is 0 Å². The molecule has 144 valence electrons.